The van der Waals surface area contributed by atoms with Crippen LogP contribution in [0.2, 0.25) is 0 Å². The molecule has 0 aromatic heterocycles. The number of anilines is 1. The summed E-state index contributed by atoms with van der Waals surface area (Å²) in [5, 5.41) is 12.7. The lowest BCUT2D eigenvalue weighted by Crippen LogP contribution is -2.44. The van der Waals surface area contributed by atoms with Gasteiger partial charge in [0.2, 0.25) is 5.91 Å². The number of hydrogen-bond acceptors (Lipinski definition) is 5. The molecule has 2 amide bonds. The molecule has 0 saturated carbocycles. The normalized spacial score (nSPS) is 23.1. The third kappa shape index (κ3) is 4.60. The van der Waals surface area contributed by atoms with E-state index in [1.807, 2.05) is 23.1 Å². The Bertz CT molecular complexity index is 875. The van der Waals surface area contributed by atoms with E-state index in [0.717, 1.165) is 56.2 Å². The second-order valence-electron chi connectivity index (χ2n) is 9.48. The second-order valence-corrected chi connectivity index (χ2v) is 9.48. The van der Waals surface area contributed by atoms with Crippen LogP contribution in [-0.4, -0.2) is 79.0 Å². The summed E-state index contributed by atoms with van der Waals surface area (Å²) in [6.45, 7) is 4.16. The third-order valence-corrected chi connectivity index (χ3v) is 7.49. The Labute approximate surface area is 189 Å². The van der Waals surface area contributed by atoms with Crippen LogP contribution in [0.5, 0.6) is 0 Å². The van der Waals surface area contributed by atoms with Gasteiger partial charge >= 0.3 is 5.97 Å². The van der Waals surface area contributed by atoms with Crippen LogP contribution >= 0.6 is 0 Å². The molecule has 1 atom stereocenters. The minimum atomic E-state index is -1.01. The van der Waals surface area contributed by atoms with Gasteiger partial charge in [-0.25, -0.2) is 0 Å². The highest BCUT2D eigenvalue weighted by Gasteiger charge is 2.34. The number of likely N-dealkylation sites (N-methyl/N-ethyl adjacent to an activating group) is 2. The van der Waals surface area contributed by atoms with Gasteiger partial charge in [-0.3, -0.25) is 14.4 Å². The number of benzene rings is 1. The topological polar surface area (TPSA) is 93.2 Å². The zero-order valence-corrected chi connectivity index (χ0v) is 19.0. The summed E-state index contributed by atoms with van der Waals surface area (Å²) in [6, 6.07) is 4.78. The molecule has 0 spiro atoms. The standard InChI is InChI=1S/C24H34N4O4/c1-26-15-19-13-18(3-4-20(19)27(2)21(24(26)32)14-22(29)30)23(31)28-11-7-17(8-12-28)16-5-9-25-10-6-16/h3-4,13,16-17,21,25H,5-12,14-15H2,1-2H3,(H,29,30)/t21-/m1/s1. The Balaban J connectivity index is 1.47. The van der Waals surface area contributed by atoms with Crippen LogP contribution in [0.4, 0.5) is 5.69 Å². The Morgan fingerprint density at radius 2 is 1.72 bits per heavy atom. The highest BCUT2D eigenvalue weighted by atomic mass is 16.4. The van der Waals surface area contributed by atoms with Gasteiger partial charge in [0, 0.05) is 45.0 Å². The molecule has 3 heterocycles. The maximum Gasteiger partial charge on any atom is 0.305 e. The number of rotatable bonds is 4. The average molecular weight is 443 g/mol. The average Bonchev–Trinajstić information content (AvgIpc) is 2.89. The Morgan fingerprint density at radius 3 is 2.38 bits per heavy atom. The smallest absolute Gasteiger partial charge is 0.305 e. The van der Waals surface area contributed by atoms with Gasteiger partial charge in [-0.2, -0.15) is 0 Å². The van der Waals surface area contributed by atoms with Gasteiger partial charge in [-0.15, -0.1) is 0 Å². The lowest BCUT2D eigenvalue weighted by molar-refractivity contribution is -0.141. The fourth-order valence-electron chi connectivity index (χ4n) is 5.57. The molecular weight excluding hydrogens is 408 g/mol. The van der Waals surface area contributed by atoms with Crippen molar-refractivity contribution < 1.29 is 19.5 Å². The Morgan fingerprint density at radius 1 is 1.06 bits per heavy atom. The number of amides is 2. The van der Waals surface area contributed by atoms with Crippen molar-refractivity contribution in [1.29, 1.82) is 0 Å². The van der Waals surface area contributed by atoms with E-state index in [4.69, 9.17) is 0 Å². The minimum absolute atomic E-state index is 0.0412. The molecule has 1 aromatic carbocycles. The molecule has 0 radical (unpaired) electrons. The second kappa shape index (κ2) is 9.48. The number of likely N-dealkylation sites (tertiary alicyclic amines) is 1. The number of hydrogen-bond donors (Lipinski definition) is 2. The zero-order valence-electron chi connectivity index (χ0n) is 19.0. The number of carbonyl (C=O) groups excluding carboxylic acids is 2. The van der Waals surface area contributed by atoms with Crippen molar-refractivity contribution in [2.45, 2.75) is 44.7 Å². The van der Waals surface area contributed by atoms with Crippen molar-refractivity contribution in [2.75, 3.05) is 45.2 Å². The van der Waals surface area contributed by atoms with E-state index in [-0.39, 0.29) is 18.2 Å². The minimum Gasteiger partial charge on any atom is -0.481 e. The largest absolute Gasteiger partial charge is 0.481 e. The molecule has 32 heavy (non-hydrogen) atoms. The van der Waals surface area contributed by atoms with Crippen molar-refractivity contribution in [3.63, 3.8) is 0 Å². The summed E-state index contributed by atoms with van der Waals surface area (Å²) in [5.74, 6) is 0.307. The lowest BCUT2D eigenvalue weighted by atomic mass is 9.79. The molecule has 1 aromatic rings. The van der Waals surface area contributed by atoms with Crippen LogP contribution in [0.15, 0.2) is 18.2 Å². The van der Waals surface area contributed by atoms with Crippen molar-refractivity contribution in [2.24, 2.45) is 11.8 Å². The van der Waals surface area contributed by atoms with E-state index in [1.54, 1.807) is 23.9 Å². The predicted molar refractivity (Wildman–Crippen MR) is 122 cm³/mol. The number of carbonyl (C=O) groups is 3. The third-order valence-electron chi connectivity index (χ3n) is 7.49. The van der Waals surface area contributed by atoms with E-state index >= 15 is 0 Å². The van der Waals surface area contributed by atoms with Gasteiger partial charge in [-0.05, 0) is 74.4 Å². The van der Waals surface area contributed by atoms with Crippen LogP contribution < -0.4 is 10.2 Å². The van der Waals surface area contributed by atoms with Gasteiger partial charge < -0.3 is 25.1 Å². The molecule has 0 bridgehead atoms. The van der Waals surface area contributed by atoms with Crippen LogP contribution in [0.1, 0.15) is 48.0 Å². The van der Waals surface area contributed by atoms with Crippen molar-refractivity contribution in [3.05, 3.63) is 29.3 Å². The summed E-state index contributed by atoms with van der Waals surface area (Å²) in [6.07, 6.45) is 4.36. The number of aliphatic carboxylic acids is 1. The number of nitrogens with zero attached hydrogens (tertiary/aromatic N) is 3. The number of carboxylic acids is 1. The first-order valence-corrected chi connectivity index (χ1v) is 11.7. The molecule has 2 fully saturated rings. The maximum absolute atomic E-state index is 13.2. The fraction of sp³-hybridized carbons (Fsp3) is 0.625. The van der Waals surface area contributed by atoms with Gasteiger partial charge in [0.1, 0.15) is 6.04 Å². The van der Waals surface area contributed by atoms with Crippen LogP contribution in [-0.2, 0) is 16.1 Å². The first-order chi connectivity index (χ1) is 15.3. The molecule has 8 nitrogen and oxygen atoms in total. The predicted octanol–water partition coefficient (Wildman–Crippen LogP) is 1.79. The SMILES string of the molecule is CN1Cc2cc(C(=O)N3CCC(C4CCNCC4)CC3)ccc2N(C)[C@H](CC(=O)O)C1=O. The highest BCUT2D eigenvalue weighted by molar-refractivity contribution is 5.96. The molecule has 8 heteroatoms. The van der Waals surface area contributed by atoms with Gasteiger partial charge in [0.15, 0.2) is 0 Å². The van der Waals surface area contributed by atoms with Crippen molar-refractivity contribution >= 4 is 23.5 Å². The van der Waals surface area contributed by atoms with E-state index in [1.165, 1.54) is 12.8 Å². The van der Waals surface area contributed by atoms with E-state index in [0.29, 0.717) is 18.0 Å². The molecule has 4 rings (SSSR count). The van der Waals surface area contributed by atoms with Crippen LogP contribution in [0, 0.1) is 11.8 Å². The monoisotopic (exact) mass is 442 g/mol. The molecular formula is C24H34N4O4. The van der Waals surface area contributed by atoms with Gasteiger partial charge in [0.25, 0.3) is 5.91 Å². The summed E-state index contributed by atoms with van der Waals surface area (Å²) < 4.78 is 0. The van der Waals surface area contributed by atoms with Crippen molar-refractivity contribution in [1.82, 2.24) is 15.1 Å². The van der Waals surface area contributed by atoms with E-state index in [2.05, 4.69) is 5.32 Å². The Kier molecular flexibility index (Phi) is 6.69. The number of nitrogens with one attached hydrogen (secondary N) is 1. The molecule has 3 aliphatic heterocycles. The van der Waals surface area contributed by atoms with E-state index in [9.17, 15) is 19.5 Å². The summed E-state index contributed by atoms with van der Waals surface area (Å²) in [4.78, 5) is 42.5. The number of carboxylic acid groups (broad SMARTS) is 1. The number of fused-ring (bicyclic) bond motifs is 1. The quantitative estimate of drug-likeness (QED) is 0.739. The first-order valence-electron chi connectivity index (χ1n) is 11.7. The van der Waals surface area contributed by atoms with Crippen LogP contribution in [0.3, 0.4) is 0 Å². The molecule has 3 aliphatic rings. The van der Waals surface area contributed by atoms with Crippen LogP contribution in [0.25, 0.3) is 0 Å². The molecule has 0 aliphatic carbocycles. The molecule has 174 valence electrons. The lowest BCUT2D eigenvalue weighted by Gasteiger charge is -2.38. The Hall–Kier alpha value is -2.61. The van der Waals surface area contributed by atoms with Gasteiger partial charge in [0.05, 0.1) is 6.42 Å². The van der Waals surface area contributed by atoms with Gasteiger partial charge in [-0.1, -0.05) is 0 Å². The fourth-order valence-corrected chi connectivity index (χ4v) is 5.57. The zero-order chi connectivity index (χ0) is 22.8. The van der Waals surface area contributed by atoms with Crippen molar-refractivity contribution in [3.8, 4) is 0 Å². The molecule has 0 unspecified atom stereocenters. The molecule has 2 N–H and O–H groups in total. The molecule has 2 saturated heterocycles. The number of piperidine rings is 2. The summed E-state index contributed by atoms with van der Waals surface area (Å²) >= 11 is 0. The van der Waals surface area contributed by atoms with E-state index < -0.39 is 12.0 Å². The summed E-state index contributed by atoms with van der Waals surface area (Å²) in [5.41, 5.74) is 2.30. The highest BCUT2D eigenvalue weighted by Crippen LogP contribution is 2.32. The summed E-state index contributed by atoms with van der Waals surface area (Å²) in [7, 11) is 3.43. The maximum atomic E-state index is 13.2. The first kappa shape index (κ1) is 22.6.